The van der Waals surface area contributed by atoms with E-state index in [4.69, 9.17) is 5.11 Å². The Labute approximate surface area is 84.2 Å². The third kappa shape index (κ3) is 2.09. The average Bonchev–Trinajstić information content (AvgIpc) is 2.48. The molecule has 1 rings (SSSR count). The molecule has 0 bridgehead atoms. The molecule has 1 heterocycles. The fraction of sp³-hybridized carbons (Fsp3) is 0.444. The van der Waals surface area contributed by atoms with Gasteiger partial charge in [0.2, 0.25) is 0 Å². The van der Waals surface area contributed by atoms with Crippen LogP contribution in [0.1, 0.15) is 35.0 Å². The number of carboxylic acids is 1. The summed E-state index contributed by atoms with van der Waals surface area (Å²) in [5.41, 5.74) is 0.204. The van der Waals surface area contributed by atoms with Crippen molar-refractivity contribution in [2.24, 2.45) is 0 Å². The van der Waals surface area contributed by atoms with Crippen LogP contribution in [0.15, 0.2) is 11.4 Å². The molecule has 0 radical (unpaired) electrons. The van der Waals surface area contributed by atoms with Crippen molar-refractivity contribution in [2.75, 3.05) is 0 Å². The normalized spacial score (nSPS) is 14.0. The van der Waals surface area contributed by atoms with E-state index >= 15 is 0 Å². The quantitative estimate of drug-likeness (QED) is 0.849. The van der Waals surface area contributed by atoms with Gasteiger partial charge in [0.25, 0.3) is 5.92 Å². The lowest BCUT2D eigenvalue weighted by Gasteiger charge is -2.18. The monoisotopic (exact) mass is 220 g/mol. The van der Waals surface area contributed by atoms with Gasteiger partial charge in [0.1, 0.15) is 4.88 Å². The Hall–Kier alpha value is -0.970. The summed E-state index contributed by atoms with van der Waals surface area (Å²) in [4.78, 5) is 10.7. The van der Waals surface area contributed by atoms with Crippen LogP contribution in [0.2, 0.25) is 0 Å². The molecule has 1 atom stereocenters. The maximum absolute atomic E-state index is 12.9. The Morgan fingerprint density at radius 2 is 2.21 bits per heavy atom. The zero-order valence-corrected chi connectivity index (χ0v) is 8.57. The summed E-state index contributed by atoms with van der Waals surface area (Å²) in [6.45, 7) is 2.12. The highest BCUT2D eigenvalue weighted by Crippen LogP contribution is 2.36. The molecule has 0 aromatic carbocycles. The van der Waals surface area contributed by atoms with E-state index in [1.54, 1.807) is 0 Å². The minimum atomic E-state index is -2.90. The molecule has 2 nitrogen and oxygen atoms in total. The highest BCUT2D eigenvalue weighted by molar-refractivity contribution is 7.12. The number of hydrogen-bond donors (Lipinski definition) is 1. The molecule has 0 aliphatic carbocycles. The summed E-state index contributed by atoms with van der Waals surface area (Å²) in [7, 11) is 0. The van der Waals surface area contributed by atoms with E-state index < -0.39 is 17.8 Å². The highest BCUT2D eigenvalue weighted by atomic mass is 32.1. The molecular formula is C9H10F2O2S. The van der Waals surface area contributed by atoms with E-state index in [1.807, 2.05) is 0 Å². The van der Waals surface area contributed by atoms with Gasteiger partial charge < -0.3 is 5.11 Å². The van der Waals surface area contributed by atoms with Gasteiger partial charge in [0, 0.05) is 5.92 Å². The van der Waals surface area contributed by atoms with Gasteiger partial charge >= 0.3 is 5.97 Å². The first-order valence-electron chi connectivity index (χ1n) is 4.02. The molecule has 1 unspecified atom stereocenters. The van der Waals surface area contributed by atoms with Crippen molar-refractivity contribution in [3.05, 3.63) is 21.9 Å². The van der Waals surface area contributed by atoms with E-state index in [9.17, 15) is 13.6 Å². The van der Waals surface area contributed by atoms with Crippen molar-refractivity contribution in [3.8, 4) is 0 Å². The molecule has 0 saturated heterocycles. The molecule has 1 aromatic rings. The van der Waals surface area contributed by atoms with Gasteiger partial charge in [-0.2, -0.15) is 0 Å². The number of hydrogen-bond acceptors (Lipinski definition) is 2. The SMILES string of the molecule is CC(c1ccsc1C(=O)O)C(C)(F)F. The van der Waals surface area contributed by atoms with Crippen molar-refractivity contribution < 1.29 is 18.7 Å². The first-order valence-corrected chi connectivity index (χ1v) is 4.90. The zero-order chi connectivity index (χ0) is 10.9. The van der Waals surface area contributed by atoms with Gasteiger partial charge in [-0.25, -0.2) is 13.6 Å². The van der Waals surface area contributed by atoms with Gasteiger partial charge in [-0.3, -0.25) is 0 Å². The molecule has 1 aromatic heterocycles. The fourth-order valence-electron chi connectivity index (χ4n) is 1.11. The Kier molecular flexibility index (Phi) is 2.89. The van der Waals surface area contributed by atoms with Crippen LogP contribution in [0.5, 0.6) is 0 Å². The summed E-state index contributed by atoms with van der Waals surface area (Å²) in [5.74, 6) is -5.11. The van der Waals surface area contributed by atoms with E-state index in [-0.39, 0.29) is 10.4 Å². The second kappa shape index (κ2) is 3.65. The number of carboxylic acid groups (broad SMARTS) is 1. The number of thiophene rings is 1. The van der Waals surface area contributed by atoms with Crippen LogP contribution in [-0.4, -0.2) is 17.0 Å². The lowest BCUT2D eigenvalue weighted by atomic mass is 9.96. The molecule has 0 amide bonds. The third-order valence-corrected chi connectivity index (χ3v) is 3.03. The van der Waals surface area contributed by atoms with Gasteiger partial charge in [-0.1, -0.05) is 6.92 Å². The van der Waals surface area contributed by atoms with Crippen molar-refractivity contribution >= 4 is 17.3 Å². The minimum absolute atomic E-state index is 0.000903. The van der Waals surface area contributed by atoms with Gasteiger partial charge in [-0.05, 0) is 23.9 Å². The fourth-order valence-corrected chi connectivity index (χ4v) is 1.94. The Morgan fingerprint density at radius 1 is 1.64 bits per heavy atom. The van der Waals surface area contributed by atoms with Crippen LogP contribution in [0.25, 0.3) is 0 Å². The molecule has 0 aliphatic heterocycles. The lowest BCUT2D eigenvalue weighted by molar-refractivity contribution is -0.00233. The third-order valence-electron chi connectivity index (χ3n) is 2.12. The van der Waals surface area contributed by atoms with Crippen molar-refractivity contribution in [3.63, 3.8) is 0 Å². The van der Waals surface area contributed by atoms with Crippen LogP contribution in [0.4, 0.5) is 8.78 Å². The maximum Gasteiger partial charge on any atom is 0.346 e. The Morgan fingerprint density at radius 3 is 2.64 bits per heavy atom. The van der Waals surface area contributed by atoms with Gasteiger partial charge in [-0.15, -0.1) is 11.3 Å². The van der Waals surface area contributed by atoms with Crippen molar-refractivity contribution in [1.29, 1.82) is 0 Å². The molecule has 0 aliphatic rings. The van der Waals surface area contributed by atoms with Crippen LogP contribution in [0, 0.1) is 0 Å². The second-order valence-corrected chi connectivity index (χ2v) is 4.10. The Balaban J connectivity index is 3.07. The summed E-state index contributed by atoms with van der Waals surface area (Å²) in [6.07, 6.45) is 0. The van der Waals surface area contributed by atoms with E-state index in [1.165, 1.54) is 18.4 Å². The molecule has 1 N–H and O–H groups in total. The lowest BCUT2D eigenvalue weighted by Crippen LogP contribution is -2.20. The zero-order valence-electron chi connectivity index (χ0n) is 7.75. The molecule has 5 heteroatoms. The van der Waals surface area contributed by atoms with Gasteiger partial charge in [0.05, 0.1) is 0 Å². The second-order valence-electron chi connectivity index (χ2n) is 3.19. The molecule has 0 saturated carbocycles. The highest BCUT2D eigenvalue weighted by Gasteiger charge is 2.34. The summed E-state index contributed by atoms with van der Waals surface area (Å²) < 4.78 is 25.9. The average molecular weight is 220 g/mol. The topological polar surface area (TPSA) is 37.3 Å². The van der Waals surface area contributed by atoms with Crippen LogP contribution in [-0.2, 0) is 0 Å². The smallest absolute Gasteiger partial charge is 0.346 e. The van der Waals surface area contributed by atoms with E-state index in [0.29, 0.717) is 0 Å². The molecule has 0 spiro atoms. The van der Waals surface area contributed by atoms with Crippen LogP contribution >= 0.6 is 11.3 Å². The first-order chi connectivity index (χ1) is 6.34. The van der Waals surface area contributed by atoms with Gasteiger partial charge in [0.15, 0.2) is 0 Å². The summed E-state index contributed by atoms with van der Waals surface area (Å²) in [5, 5.41) is 10.2. The number of rotatable bonds is 3. The number of carbonyl (C=O) groups is 1. The molecule has 0 fully saturated rings. The predicted octanol–water partition coefficient (Wildman–Crippen LogP) is 3.21. The molecule has 14 heavy (non-hydrogen) atoms. The number of aromatic carboxylic acids is 1. The maximum atomic E-state index is 12.9. The number of alkyl halides is 2. The largest absolute Gasteiger partial charge is 0.477 e. The standard InChI is InChI=1S/C9H10F2O2S/c1-5(9(2,10)11)6-3-4-14-7(6)8(12)13/h3-5H,1-2H3,(H,12,13). The van der Waals surface area contributed by atoms with Crippen LogP contribution in [0.3, 0.4) is 0 Å². The summed E-state index contributed by atoms with van der Waals surface area (Å²) in [6, 6.07) is 1.44. The van der Waals surface area contributed by atoms with Crippen molar-refractivity contribution in [1.82, 2.24) is 0 Å². The van der Waals surface area contributed by atoms with E-state index in [2.05, 4.69) is 0 Å². The minimum Gasteiger partial charge on any atom is -0.477 e. The van der Waals surface area contributed by atoms with E-state index in [0.717, 1.165) is 18.3 Å². The Bertz CT molecular complexity index is 341. The molecular weight excluding hydrogens is 210 g/mol. The predicted molar refractivity (Wildman–Crippen MR) is 50.3 cm³/mol. The number of halogens is 2. The van der Waals surface area contributed by atoms with Crippen molar-refractivity contribution in [2.45, 2.75) is 25.7 Å². The summed E-state index contributed by atoms with van der Waals surface area (Å²) >= 11 is 0.969. The first kappa shape index (κ1) is 11.1. The van der Waals surface area contributed by atoms with Crippen LogP contribution < -0.4 is 0 Å². The molecule has 78 valence electrons.